The van der Waals surface area contributed by atoms with Gasteiger partial charge in [-0.1, -0.05) is 13.3 Å². The van der Waals surface area contributed by atoms with Crippen molar-refractivity contribution in [2.45, 2.75) is 19.8 Å². The van der Waals surface area contributed by atoms with E-state index >= 15 is 0 Å². The molecule has 100 valence electrons. The lowest BCUT2D eigenvalue weighted by atomic mass is 10.1. The van der Waals surface area contributed by atoms with Crippen molar-refractivity contribution in [3.63, 3.8) is 0 Å². The second kappa shape index (κ2) is 7.55. The van der Waals surface area contributed by atoms with Crippen LogP contribution >= 0.6 is 0 Å². The summed E-state index contributed by atoms with van der Waals surface area (Å²) in [5.74, 6) is 0.282. The van der Waals surface area contributed by atoms with Crippen LogP contribution in [0.5, 0.6) is 5.75 Å². The summed E-state index contributed by atoms with van der Waals surface area (Å²) < 4.78 is 5.25. The Morgan fingerprint density at radius 3 is 2.94 bits per heavy atom. The van der Waals surface area contributed by atoms with Crippen LogP contribution in [-0.2, 0) is 0 Å². The van der Waals surface area contributed by atoms with E-state index in [9.17, 15) is 4.79 Å². The number of carbonyl (C=O) groups excluding carboxylic acids is 1. The van der Waals surface area contributed by atoms with Gasteiger partial charge in [0, 0.05) is 12.1 Å². The Hall–Kier alpha value is -1.75. The molecule has 18 heavy (non-hydrogen) atoms. The van der Waals surface area contributed by atoms with E-state index in [1.165, 1.54) is 0 Å². The molecule has 0 fully saturated rings. The number of carbonyl (C=O) groups is 1. The number of anilines is 1. The first-order chi connectivity index (χ1) is 8.69. The van der Waals surface area contributed by atoms with Gasteiger partial charge in [-0.3, -0.25) is 4.79 Å². The molecule has 4 N–H and O–H groups in total. The van der Waals surface area contributed by atoms with E-state index in [1.54, 1.807) is 18.2 Å². The molecule has 1 aromatic carbocycles. The van der Waals surface area contributed by atoms with Gasteiger partial charge >= 0.3 is 0 Å². The molecule has 0 spiro atoms. The van der Waals surface area contributed by atoms with Crippen LogP contribution in [0.25, 0.3) is 0 Å². The maximum absolute atomic E-state index is 11.8. The summed E-state index contributed by atoms with van der Waals surface area (Å²) in [5, 5.41) is 11.5. The third-order valence-corrected chi connectivity index (χ3v) is 2.44. The van der Waals surface area contributed by atoms with Crippen LogP contribution in [0.3, 0.4) is 0 Å². The molecule has 0 saturated heterocycles. The Morgan fingerprint density at radius 2 is 2.28 bits per heavy atom. The number of nitrogen functional groups attached to an aromatic ring is 1. The summed E-state index contributed by atoms with van der Waals surface area (Å²) in [6, 6.07) is 4.87. The zero-order valence-corrected chi connectivity index (χ0v) is 10.6. The number of nitrogens with one attached hydrogen (secondary N) is 1. The maximum atomic E-state index is 11.8. The first-order valence-electron chi connectivity index (χ1n) is 6.10. The lowest BCUT2D eigenvalue weighted by Gasteiger charge is -2.10. The highest BCUT2D eigenvalue weighted by Gasteiger charge is 2.08. The standard InChI is InChI=1S/C13H20N2O3/c1-2-3-6-15-13(17)10-4-5-11(14)12(9-10)18-8-7-16/h4-5,9,16H,2-3,6-8,14H2,1H3,(H,15,17). The van der Waals surface area contributed by atoms with Crippen molar-refractivity contribution in [3.8, 4) is 5.75 Å². The lowest BCUT2D eigenvalue weighted by Crippen LogP contribution is -2.24. The summed E-state index contributed by atoms with van der Waals surface area (Å²) >= 11 is 0. The third kappa shape index (κ3) is 4.25. The Balaban J connectivity index is 2.68. The van der Waals surface area contributed by atoms with E-state index in [2.05, 4.69) is 12.2 Å². The molecular formula is C13H20N2O3. The summed E-state index contributed by atoms with van der Waals surface area (Å²) in [6.07, 6.45) is 1.99. The second-order valence-corrected chi connectivity index (χ2v) is 3.93. The van der Waals surface area contributed by atoms with Crippen molar-refractivity contribution in [2.24, 2.45) is 0 Å². The molecule has 0 unspecified atom stereocenters. The van der Waals surface area contributed by atoms with Crippen molar-refractivity contribution in [2.75, 3.05) is 25.5 Å². The van der Waals surface area contributed by atoms with Gasteiger partial charge in [0.2, 0.25) is 0 Å². The predicted octanol–water partition coefficient (Wildman–Crippen LogP) is 1.17. The summed E-state index contributed by atoms with van der Waals surface area (Å²) in [7, 11) is 0. The molecular weight excluding hydrogens is 232 g/mol. The minimum absolute atomic E-state index is 0.0909. The van der Waals surface area contributed by atoms with E-state index in [4.69, 9.17) is 15.6 Å². The molecule has 0 aliphatic rings. The molecule has 0 aromatic heterocycles. The van der Waals surface area contributed by atoms with Crippen LogP contribution in [0.15, 0.2) is 18.2 Å². The Kier molecular flexibility index (Phi) is 6.00. The number of unbranched alkanes of at least 4 members (excludes halogenated alkanes) is 1. The summed E-state index contributed by atoms with van der Waals surface area (Å²) in [5.41, 5.74) is 6.67. The summed E-state index contributed by atoms with van der Waals surface area (Å²) in [4.78, 5) is 11.8. The van der Waals surface area contributed by atoms with Crippen LogP contribution in [0.4, 0.5) is 5.69 Å². The monoisotopic (exact) mass is 252 g/mol. The fourth-order valence-electron chi connectivity index (χ4n) is 1.44. The van der Waals surface area contributed by atoms with Crippen molar-refractivity contribution < 1.29 is 14.6 Å². The van der Waals surface area contributed by atoms with Gasteiger partial charge in [0.15, 0.2) is 0 Å². The van der Waals surface area contributed by atoms with E-state index in [0.29, 0.717) is 23.5 Å². The van der Waals surface area contributed by atoms with Crippen molar-refractivity contribution in [1.82, 2.24) is 5.32 Å². The fourth-order valence-corrected chi connectivity index (χ4v) is 1.44. The molecule has 0 bridgehead atoms. The number of aliphatic hydroxyl groups excluding tert-OH is 1. The average Bonchev–Trinajstić information content (AvgIpc) is 2.38. The van der Waals surface area contributed by atoms with Gasteiger partial charge < -0.3 is 20.9 Å². The molecule has 0 aliphatic heterocycles. The van der Waals surface area contributed by atoms with Crippen LogP contribution in [-0.4, -0.2) is 30.8 Å². The van der Waals surface area contributed by atoms with Gasteiger partial charge in [0.25, 0.3) is 5.91 Å². The average molecular weight is 252 g/mol. The first-order valence-corrected chi connectivity index (χ1v) is 6.10. The number of benzene rings is 1. The zero-order chi connectivity index (χ0) is 13.4. The predicted molar refractivity (Wildman–Crippen MR) is 70.7 cm³/mol. The first kappa shape index (κ1) is 14.3. The van der Waals surface area contributed by atoms with Gasteiger partial charge in [-0.05, 0) is 24.6 Å². The number of nitrogens with two attached hydrogens (primary N) is 1. The van der Waals surface area contributed by atoms with Crippen molar-refractivity contribution >= 4 is 11.6 Å². The molecule has 0 saturated carbocycles. The highest BCUT2D eigenvalue weighted by molar-refractivity contribution is 5.95. The van der Waals surface area contributed by atoms with E-state index in [0.717, 1.165) is 12.8 Å². The number of ether oxygens (including phenoxy) is 1. The largest absolute Gasteiger partial charge is 0.489 e. The van der Waals surface area contributed by atoms with Gasteiger partial charge in [0.1, 0.15) is 12.4 Å². The molecule has 0 atom stereocenters. The molecule has 5 heteroatoms. The highest BCUT2D eigenvalue weighted by Crippen LogP contribution is 2.22. The second-order valence-electron chi connectivity index (χ2n) is 3.93. The topological polar surface area (TPSA) is 84.6 Å². The minimum Gasteiger partial charge on any atom is -0.489 e. The maximum Gasteiger partial charge on any atom is 0.251 e. The zero-order valence-electron chi connectivity index (χ0n) is 10.6. The Morgan fingerprint density at radius 1 is 1.50 bits per heavy atom. The Bertz CT molecular complexity index is 394. The van der Waals surface area contributed by atoms with Gasteiger partial charge in [-0.15, -0.1) is 0 Å². The van der Waals surface area contributed by atoms with E-state index < -0.39 is 0 Å². The van der Waals surface area contributed by atoms with Crippen LogP contribution in [0.2, 0.25) is 0 Å². The highest BCUT2D eigenvalue weighted by atomic mass is 16.5. The van der Waals surface area contributed by atoms with Crippen LogP contribution in [0, 0.1) is 0 Å². The normalized spacial score (nSPS) is 10.1. The van der Waals surface area contributed by atoms with Gasteiger partial charge in [-0.2, -0.15) is 0 Å². The number of hydrogen-bond acceptors (Lipinski definition) is 4. The molecule has 0 heterocycles. The number of aliphatic hydroxyl groups is 1. The van der Waals surface area contributed by atoms with Crippen molar-refractivity contribution in [1.29, 1.82) is 0 Å². The van der Waals surface area contributed by atoms with E-state index in [-0.39, 0.29) is 19.1 Å². The number of hydrogen-bond donors (Lipinski definition) is 3. The molecule has 0 radical (unpaired) electrons. The van der Waals surface area contributed by atoms with Crippen molar-refractivity contribution in [3.05, 3.63) is 23.8 Å². The third-order valence-electron chi connectivity index (χ3n) is 2.44. The molecule has 1 rings (SSSR count). The minimum atomic E-state index is -0.141. The van der Waals surface area contributed by atoms with E-state index in [1.807, 2.05) is 0 Å². The Labute approximate surface area is 107 Å². The quantitative estimate of drug-likeness (QED) is 0.502. The van der Waals surface area contributed by atoms with Crippen LogP contribution < -0.4 is 15.8 Å². The number of amides is 1. The van der Waals surface area contributed by atoms with Crippen LogP contribution in [0.1, 0.15) is 30.1 Å². The fraction of sp³-hybridized carbons (Fsp3) is 0.462. The van der Waals surface area contributed by atoms with Gasteiger partial charge in [-0.25, -0.2) is 0 Å². The lowest BCUT2D eigenvalue weighted by molar-refractivity contribution is 0.0952. The molecule has 1 aromatic rings. The molecule has 5 nitrogen and oxygen atoms in total. The molecule has 0 aliphatic carbocycles. The smallest absolute Gasteiger partial charge is 0.251 e. The number of rotatable bonds is 7. The summed E-state index contributed by atoms with van der Waals surface area (Å²) in [6.45, 7) is 2.79. The van der Waals surface area contributed by atoms with Gasteiger partial charge in [0.05, 0.1) is 12.3 Å². The molecule has 1 amide bonds. The SMILES string of the molecule is CCCCNC(=O)c1ccc(N)c(OCCO)c1.